The molecule has 0 spiro atoms. The van der Waals surface area contributed by atoms with Crippen molar-refractivity contribution in [2.45, 2.75) is 31.8 Å². The molecule has 0 aromatic heterocycles. The number of rotatable bonds is 1. The number of nitrogens with zero attached hydrogens (tertiary/aromatic N) is 1. The Bertz CT molecular complexity index is 573. The van der Waals surface area contributed by atoms with Crippen molar-refractivity contribution in [2.75, 3.05) is 19.9 Å². The lowest BCUT2D eigenvalue weighted by Crippen LogP contribution is -2.33. The minimum atomic E-state index is -0.693. The third-order valence-corrected chi connectivity index (χ3v) is 4.31. The van der Waals surface area contributed by atoms with Crippen LogP contribution in [0, 0.1) is 0 Å². The van der Waals surface area contributed by atoms with Crippen LogP contribution in [0.15, 0.2) is 12.1 Å². The van der Waals surface area contributed by atoms with Crippen LogP contribution >= 0.6 is 11.6 Å². The minimum absolute atomic E-state index is 0.0899. The van der Waals surface area contributed by atoms with Crippen LogP contribution in [0.3, 0.4) is 0 Å². The zero-order valence-electron chi connectivity index (χ0n) is 11.9. The van der Waals surface area contributed by atoms with E-state index in [-0.39, 0.29) is 12.7 Å². The molecule has 1 atom stereocenters. The first-order valence-electron chi connectivity index (χ1n) is 7.07. The molecule has 3 rings (SSSR count). The highest BCUT2D eigenvalue weighted by molar-refractivity contribution is 6.32. The number of hydrogen-bond acceptors (Lipinski definition) is 4. The number of ether oxygens (including phenoxy) is 2. The van der Waals surface area contributed by atoms with Crippen molar-refractivity contribution in [1.82, 2.24) is 4.90 Å². The summed E-state index contributed by atoms with van der Waals surface area (Å²) in [7, 11) is 0. The maximum atomic E-state index is 12.6. The highest BCUT2D eigenvalue weighted by atomic mass is 35.5. The molecule has 2 aliphatic rings. The van der Waals surface area contributed by atoms with E-state index in [4.69, 9.17) is 21.1 Å². The van der Waals surface area contributed by atoms with Gasteiger partial charge >= 0.3 is 0 Å². The lowest BCUT2D eigenvalue weighted by Gasteiger charge is -2.22. The van der Waals surface area contributed by atoms with Crippen LogP contribution in [0.4, 0.5) is 0 Å². The molecule has 1 unspecified atom stereocenters. The zero-order chi connectivity index (χ0) is 15.0. The predicted molar refractivity (Wildman–Crippen MR) is 78.0 cm³/mol. The maximum Gasteiger partial charge on any atom is 0.254 e. The average molecular weight is 312 g/mol. The van der Waals surface area contributed by atoms with Gasteiger partial charge in [-0.15, -0.1) is 0 Å². The molecule has 114 valence electrons. The summed E-state index contributed by atoms with van der Waals surface area (Å²) in [4.78, 5) is 14.4. The standard InChI is InChI=1S/C15H18ClNO4/c1-15(19)3-2-5-17(6-4-15)14(18)10-7-11(16)13-12(8-10)20-9-21-13/h7-8,19H,2-6,9H2,1H3. The van der Waals surface area contributed by atoms with Crippen molar-refractivity contribution in [1.29, 1.82) is 0 Å². The number of halogens is 1. The van der Waals surface area contributed by atoms with Gasteiger partial charge in [0, 0.05) is 18.7 Å². The first kappa shape index (κ1) is 14.5. The molecule has 1 amide bonds. The van der Waals surface area contributed by atoms with E-state index in [1.165, 1.54) is 0 Å². The largest absolute Gasteiger partial charge is 0.454 e. The zero-order valence-corrected chi connectivity index (χ0v) is 12.7. The Hall–Kier alpha value is -1.46. The summed E-state index contributed by atoms with van der Waals surface area (Å²) in [6.45, 7) is 3.12. The molecular weight excluding hydrogens is 294 g/mol. The molecule has 0 saturated carbocycles. The predicted octanol–water partition coefficient (Wildman–Crippen LogP) is 2.45. The number of aliphatic hydroxyl groups is 1. The molecule has 2 heterocycles. The normalized spacial score (nSPS) is 24.8. The van der Waals surface area contributed by atoms with E-state index < -0.39 is 5.60 Å². The number of fused-ring (bicyclic) bond motifs is 1. The lowest BCUT2D eigenvalue weighted by atomic mass is 9.98. The fourth-order valence-electron chi connectivity index (χ4n) is 2.74. The lowest BCUT2D eigenvalue weighted by molar-refractivity contribution is 0.0438. The molecular formula is C15H18ClNO4. The Morgan fingerprint density at radius 1 is 1.33 bits per heavy atom. The Balaban J connectivity index is 1.81. The van der Waals surface area contributed by atoms with Gasteiger partial charge in [-0.05, 0) is 38.3 Å². The van der Waals surface area contributed by atoms with Crippen LogP contribution in [0.1, 0.15) is 36.5 Å². The number of carbonyl (C=O) groups is 1. The van der Waals surface area contributed by atoms with Crippen LogP contribution in [-0.2, 0) is 0 Å². The van der Waals surface area contributed by atoms with Crippen molar-refractivity contribution >= 4 is 17.5 Å². The van der Waals surface area contributed by atoms with Gasteiger partial charge in [-0.1, -0.05) is 11.6 Å². The molecule has 0 aliphatic carbocycles. The maximum absolute atomic E-state index is 12.6. The van der Waals surface area contributed by atoms with Gasteiger partial charge in [0.05, 0.1) is 10.6 Å². The smallest absolute Gasteiger partial charge is 0.254 e. The quantitative estimate of drug-likeness (QED) is 0.865. The third-order valence-electron chi connectivity index (χ3n) is 4.03. The van der Waals surface area contributed by atoms with Gasteiger partial charge in [0.25, 0.3) is 5.91 Å². The summed E-state index contributed by atoms with van der Waals surface area (Å²) in [5, 5.41) is 10.5. The Morgan fingerprint density at radius 2 is 2.14 bits per heavy atom. The molecule has 21 heavy (non-hydrogen) atoms. The van der Waals surface area contributed by atoms with Crippen LogP contribution in [0.25, 0.3) is 0 Å². The molecule has 6 heteroatoms. The van der Waals surface area contributed by atoms with E-state index in [0.717, 1.165) is 6.42 Å². The molecule has 1 N–H and O–H groups in total. The first-order chi connectivity index (χ1) is 9.96. The first-order valence-corrected chi connectivity index (χ1v) is 7.45. The molecule has 5 nitrogen and oxygen atoms in total. The molecule has 0 radical (unpaired) electrons. The SMILES string of the molecule is CC1(O)CCCN(C(=O)c2cc(Cl)c3c(c2)OCO3)CC1. The van der Waals surface area contributed by atoms with Gasteiger partial charge in [0.2, 0.25) is 6.79 Å². The number of benzene rings is 1. The van der Waals surface area contributed by atoms with E-state index in [1.807, 2.05) is 6.92 Å². The number of amides is 1. The van der Waals surface area contributed by atoms with Crippen molar-refractivity contribution in [3.05, 3.63) is 22.7 Å². The Kier molecular flexibility index (Phi) is 3.71. The molecule has 2 aliphatic heterocycles. The van der Waals surface area contributed by atoms with Crippen LogP contribution in [-0.4, -0.2) is 41.4 Å². The third kappa shape index (κ3) is 2.94. The van der Waals surface area contributed by atoms with Gasteiger partial charge in [0.15, 0.2) is 11.5 Å². The second-order valence-corrected chi connectivity index (χ2v) is 6.24. The van der Waals surface area contributed by atoms with Gasteiger partial charge in [-0.3, -0.25) is 4.79 Å². The molecule has 1 fully saturated rings. The van der Waals surface area contributed by atoms with E-state index >= 15 is 0 Å². The van der Waals surface area contributed by atoms with E-state index in [0.29, 0.717) is 48.0 Å². The van der Waals surface area contributed by atoms with Crippen molar-refractivity contribution in [3.8, 4) is 11.5 Å². The highest BCUT2D eigenvalue weighted by Crippen LogP contribution is 2.40. The monoisotopic (exact) mass is 311 g/mol. The molecule has 1 aromatic carbocycles. The summed E-state index contributed by atoms with van der Waals surface area (Å²) in [6.07, 6.45) is 2.08. The fraction of sp³-hybridized carbons (Fsp3) is 0.533. The van der Waals surface area contributed by atoms with E-state index in [1.54, 1.807) is 17.0 Å². The number of likely N-dealkylation sites (tertiary alicyclic amines) is 1. The topological polar surface area (TPSA) is 59.0 Å². The van der Waals surface area contributed by atoms with Crippen molar-refractivity contribution in [3.63, 3.8) is 0 Å². The van der Waals surface area contributed by atoms with Gasteiger partial charge < -0.3 is 19.5 Å². The van der Waals surface area contributed by atoms with Gasteiger partial charge in [-0.2, -0.15) is 0 Å². The Morgan fingerprint density at radius 3 is 2.95 bits per heavy atom. The van der Waals surface area contributed by atoms with Gasteiger partial charge in [0.1, 0.15) is 0 Å². The fourth-order valence-corrected chi connectivity index (χ4v) is 3.01. The van der Waals surface area contributed by atoms with E-state index in [2.05, 4.69) is 0 Å². The molecule has 1 saturated heterocycles. The van der Waals surface area contributed by atoms with Crippen LogP contribution < -0.4 is 9.47 Å². The summed E-state index contributed by atoms with van der Waals surface area (Å²) >= 11 is 6.12. The minimum Gasteiger partial charge on any atom is -0.454 e. The number of hydrogen-bond donors (Lipinski definition) is 1. The summed E-state index contributed by atoms with van der Waals surface area (Å²) in [5.74, 6) is 0.910. The van der Waals surface area contributed by atoms with E-state index in [9.17, 15) is 9.90 Å². The second-order valence-electron chi connectivity index (χ2n) is 5.83. The average Bonchev–Trinajstić information content (AvgIpc) is 2.83. The van der Waals surface area contributed by atoms with Crippen molar-refractivity contribution < 1.29 is 19.4 Å². The second kappa shape index (κ2) is 5.39. The summed E-state index contributed by atoms with van der Waals surface area (Å²) in [5.41, 5.74) is -0.201. The Labute approximate surface area is 128 Å². The van der Waals surface area contributed by atoms with Crippen molar-refractivity contribution in [2.24, 2.45) is 0 Å². The summed E-state index contributed by atoms with van der Waals surface area (Å²) in [6, 6.07) is 3.28. The molecule has 0 bridgehead atoms. The molecule has 1 aromatic rings. The van der Waals surface area contributed by atoms with Gasteiger partial charge in [-0.25, -0.2) is 0 Å². The summed E-state index contributed by atoms with van der Waals surface area (Å²) < 4.78 is 10.5. The number of carbonyl (C=O) groups excluding carboxylic acids is 1. The highest BCUT2D eigenvalue weighted by Gasteiger charge is 2.29. The van der Waals surface area contributed by atoms with Crippen LogP contribution in [0.2, 0.25) is 5.02 Å². The van der Waals surface area contributed by atoms with Crippen LogP contribution in [0.5, 0.6) is 11.5 Å².